The van der Waals surface area contributed by atoms with Crippen molar-refractivity contribution in [2.24, 2.45) is 0 Å². The van der Waals surface area contributed by atoms with Gasteiger partial charge >= 0.3 is 17.9 Å². The number of carboxylic acids is 1. The Labute approximate surface area is 311 Å². The Balaban J connectivity index is 1.90. The third kappa shape index (κ3) is 17.5. The van der Waals surface area contributed by atoms with E-state index >= 15 is 0 Å². The number of ether oxygens (including phenoxy) is 6. The van der Waals surface area contributed by atoms with Gasteiger partial charge < -0.3 is 69.3 Å². The molecule has 0 aromatic rings. The number of aliphatic carboxylic acids is 1. The Morgan fingerprint density at radius 1 is 0.698 bits per heavy atom. The van der Waals surface area contributed by atoms with E-state index in [2.05, 4.69) is 0 Å². The summed E-state index contributed by atoms with van der Waals surface area (Å²) in [5.41, 5.74) is 0. The van der Waals surface area contributed by atoms with Gasteiger partial charge in [-0.1, -0.05) is 77.6 Å². The van der Waals surface area contributed by atoms with E-state index in [0.29, 0.717) is 19.3 Å². The third-order valence-corrected chi connectivity index (χ3v) is 9.38. The first kappa shape index (κ1) is 47.1. The Kier molecular flexibility index (Phi) is 23.1. The van der Waals surface area contributed by atoms with Gasteiger partial charge in [0, 0.05) is 13.3 Å². The van der Waals surface area contributed by atoms with Crippen LogP contribution in [0.4, 0.5) is 0 Å². The predicted octanol–water partition coefficient (Wildman–Crippen LogP) is 0.817. The molecule has 17 nitrogen and oxygen atoms in total. The van der Waals surface area contributed by atoms with Gasteiger partial charge in [-0.2, -0.15) is 0 Å². The summed E-state index contributed by atoms with van der Waals surface area (Å²) < 4.78 is 33.4. The van der Waals surface area contributed by atoms with E-state index < -0.39 is 111 Å². The van der Waals surface area contributed by atoms with Gasteiger partial charge in [0.2, 0.25) is 0 Å². The fraction of sp³-hybridized carbons (Fsp3) is 0.917. The molecule has 2 aliphatic rings. The molecule has 0 amide bonds. The molecule has 0 aromatic carbocycles. The second kappa shape index (κ2) is 25.9. The van der Waals surface area contributed by atoms with Crippen molar-refractivity contribution in [1.29, 1.82) is 0 Å². The van der Waals surface area contributed by atoms with Crippen LogP contribution in [0.25, 0.3) is 0 Å². The number of carboxylic acid groups (broad SMARTS) is 1. The number of carbonyl (C=O) groups is 3. The number of hydrogen-bond acceptors (Lipinski definition) is 16. The highest BCUT2D eigenvalue weighted by Crippen LogP contribution is 2.31. The maximum atomic E-state index is 12.6. The van der Waals surface area contributed by atoms with Crippen LogP contribution in [-0.2, 0) is 42.8 Å². The van der Waals surface area contributed by atoms with E-state index in [-0.39, 0.29) is 13.0 Å². The molecular weight excluding hydrogens is 704 g/mol. The lowest BCUT2D eigenvalue weighted by Crippen LogP contribution is -2.65. The molecule has 2 aliphatic heterocycles. The van der Waals surface area contributed by atoms with E-state index in [1.165, 1.54) is 0 Å². The molecule has 2 fully saturated rings. The zero-order valence-corrected chi connectivity index (χ0v) is 31.1. The van der Waals surface area contributed by atoms with Gasteiger partial charge in [0.05, 0.1) is 31.8 Å². The zero-order chi connectivity index (χ0) is 39.3. The number of esters is 2. The molecule has 310 valence electrons. The molecular formula is C36H64O17. The van der Waals surface area contributed by atoms with Crippen LogP contribution >= 0.6 is 0 Å². The first-order chi connectivity index (χ1) is 25.3. The topological polar surface area (TPSA) is 268 Å². The van der Waals surface area contributed by atoms with Gasteiger partial charge in [-0.25, -0.2) is 0 Å². The first-order valence-corrected chi connectivity index (χ1v) is 19.1. The highest BCUT2D eigenvalue weighted by molar-refractivity contribution is 5.70. The Morgan fingerprint density at radius 2 is 1.26 bits per heavy atom. The summed E-state index contributed by atoms with van der Waals surface area (Å²) in [4.78, 5) is 34.8. The molecule has 0 saturated carbocycles. The second-order valence-electron chi connectivity index (χ2n) is 14.0. The normalized spacial score (nSPS) is 30.1. The summed E-state index contributed by atoms with van der Waals surface area (Å²) >= 11 is 0. The van der Waals surface area contributed by atoms with E-state index in [4.69, 9.17) is 33.5 Å². The van der Waals surface area contributed by atoms with Gasteiger partial charge in [0.15, 0.2) is 18.7 Å². The Hall–Kier alpha value is -2.03. The average molecular weight is 769 g/mol. The standard InChI is InChI=1S/C36H64O17/c1-3-15-23(39)18-28(43)52-34-30(45)29(44)25(19-37)50-36(34)53-33-26(21-48-22(2)38)51-35(32(47)31(33)46)49-20-24(40)16-13-11-9-7-5-4-6-8-10-12-14-17-27(41)42/h23-26,29-37,39-40,44-47H,3-21H2,1-2H3,(H,41,42)/t23-,24+,25-,26-,29-,30+,31-,32-,33-,34-,35-,36+/m1/s1. The van der Waals surface area contributed by atoms with E-state index in [0.717, 1.165) is 77.6 Å². The highest BCUT2D eigenvalue weighted by Gasteiger charge is 2.52. The van der Waals surface area contributed by atoms with E-state index in [1.807, 2.05) is 6.92 Å². The average Bonchev–Trinajstić information content (AvgIpc) is 3.10. The van der Waals surface area contributed by atoms with Crippen LogP contribution in [0.3, 0.4) is 0 Å². The number of aliphatic hydroxyl groups excluding tert-OH is 7. The van der Waals surface area contributed by atoms with Gasteiger partial charge in [0.1, 0.15) is 49.3 Å². The van der Waals surface area contributed by atoms with Crippen molar-refractivity contribution < 1.29 is 83.7 Å². The van der Waals surface area contributed by atoms with Crippen molar-refractivity contribution in [3.8, 4) is 0 Å². The molecule has 0 bridgehead atoms. The zero-order valence-electron chi connectivity index (χ0n) is 31.1. The van der Waals surface area contributed by atoms with Crippen molar-refractivity contribution in [2.75, 3.05) is 19.8 Å². The van der Waals surface area contributed by atoms with Crippen molar-refractivity contribution >= 4 is 17.9 Å². The first-order valence-electron chi connectivity index (χ1n) is 19.1. The molecule has 12 atom stereocenters. The van der Waals surface area contributed by atoms with E-state index in [9.17, 15) is 50.1 Å². The van der Waals surface area contributed by atoms with E-state index in [1.54, 1.807) is 0 Å². The largest absolute Gasteiger partial charge is 0.481 e. The summed E-state index contributed by atoms with van der Waals surface area (Å²) in [7, 11) is 0. The number of carbonyl (C=O) groups excluding carboxylic acids is 2. The molecule has 0 aromatic heterocycles. The molecule has 0 spiro atoms. The third-order valence-electron chi connectivity index (χ3n) is 9.38. The van der Waals surface area contributed by atoms with Gasteiger partial charge in [-0.05, 0) is 19.3 Å². The summed E-state index contributed by atoms with van der Waals surface area (Å²) in [5.74, 6) is -2.39. The van der Waals surface area contributed by atoms with Crippen LogP contribution in [0.15, 0.2) is 0 Å². The Bertz CT molecular complexity index is 1030. The number of rotatable bonds is 27. The lowest BCUT2D eigenvalue weighted by molar-refractivity contribution is -0.361. The summed E-state index contributed by atoms with van der Waals surface area (Å²) in [5, 5.41) is 82.3. The maximum absolute atomic E-state index is 12.6. The van der Waals surface area contributed by atoms with Crippen molar-refractivity contribution in [2.45, 2.75) is 190 Å². The fourth-order valence-corrected chi connectivity index (χ4v) is 6.36. The predicted molar refractivity (Wildman–Crippen MR) is 185 cm³/mol. The minimum Gasteiger partial charge on any atom is -0.481 e. The van der Waals surface area contributed by atoms with Gasteiger partial charge in [-0.15, -0.1) is 0 Å². The quantitative estimate of drug-likeness (QED) is 0.0424. The maximum Gasteiger partial charge on any atom is 0.308 e. The number of aliphatic hydroxyl groups is 7. The molecule has 2 heterocycles. The molecule has 0 aliphatic carbocycles. The number of unbranched alkanes of at least 4 members (excludes halogenated alkanes) is 10. The molecule has 2 rings (SSSR count). The molecule has 2 saturated heterocycles. The molecule has 0 unspecified atom stereocenters. The fourth-order valence-electron chi connectivity index (χ4n) is 6.36. The molecule has 8 N–H and O–H groups in total. The number of hydrogen-bond donors (Lipinski definition) is 8. The van der Waals surface area contributed by atoms with Crippen LogP contribution in [0.1, 0.15) is 117 Å². The Morgan fingerprint density at radius 3 is 1.83 bits per heavy atom. The monoisotopic (exact) mass is 768 g/mol. The molecule has 17 heteroatoms. The van der Waals surface area contributed by atoms with Crippen LogP contribution in [0.2, 0.25) is 0 Å². The summed E-state index contributed by atoms with van der Waals surface area (Å²) in [6.45, 7) is 1.46. The highest BCUT2D eigenvalue weighted by atomic mass is 16.8. The summed E-state index contributed by atoms with van der Waals surface area (Å²) in [6, 6.07) is 0. The molecule has 0 radical (unpaired) electrons. The van der Waals surface area contributed by atoms with Crippen molar-refractivity contribution in [3.05, 3.63) is 0 Å². The van der Waals surface area contributed by atoms with Crippen LogP contribution < -0.4 is 0 Å². The molecule has 53 heavy (non-hydrogen) atoms. The van der Waals surface area contributed by atoms with Crippen molar-refractivity contribution in [1.82, 2.24) is 0 Å². The van der Waals surface area contributed by atoms with Crippen LogP contribution in [0, 0.1) is 0 Å². The second-order valence-corrected chi connectivity index (χ2v) is 14.0. The summed E-state index contributed by atoms with van der Waals surface area (Å²) in [6.07, 6.45) is -6.04. The minimum atomic E-state index is -1.83. The lowest BCUT2D eigenvalue weighted by Gasteiger charge is -2.46. The van der Waals surface area contributed by atoms with Gasteiger partial charge in [0.25, 0.3) is 0 Å². The van der Waals surface area contributed by atoms with Gasteiger partial charge in [-0.3, -0.25) is 14.4 Å². The SMILES string of the molecule is CCC[C@@H](O)CC(=O)O[C@H]1[C@H](O[C@H]2[C@H](O)[C@@H](O)[C@H](OC[C@@H](O)CCCCCCCCCCCCCC(=O)O)O[C@@H]2COC(C)=O)O[C@H](CO)[C@@H](O)[C@@H]1O. The van der Waals surface area contributed by atoms with Crippen LogP contribution in [0.5, 0.6) is 0 Å². The minimum absolute atomic E-state index is 0.231. The van der Waals surface area contributed by atoms with Crippen LogP contribution in [-0.4, -0.2) is 152 Å². The van der Waals surface area contributed by atoms with Crippen molar-refractivity contribution in [3.63, 3.8) is 0 Å². The smallest absolute Gasteiger partial charge is 0.308 e. The lowest BCUT2D eigenvalue weighted by atomic mass is 9.96.